The molecule has 1 aliphatic rings. The van der Waals surface area contributed by atoms with Gasteiger partial charge in [0.2, 0.25) is 5.91 Å². The predicted octanol–water partition coefficient (Wildman–Crippen LogP) is 4.26. The van der Waals surface area contributed by atoms with Crippen LogP contribution in [0.2, 0.25) is 0 Å². The molecule has 1 saturated heterocycles. The van der Waals surface area contributed by atoms with Crippen LogP contribution in [0.1, 0.15) is 22.5 Å². The van der Waals surface area contributed by atoms with Gasteiger partial charge < -0.3 is 10.2 Å². The number of nitrogens with zero attached hydrogens (tertiary/aromatic N) is 2. The van der Waals surface area contributed by atoms with Crippen molar-refractivity contribution in [3.8, 4) is 11.1 Å². The number of carbonyl (C=O) groups is 2. The van der Waals surface area contributed by atoms with Crippen LogP contribution < -0.4 is 5.32 Å². The smallest absolute Gasteiger partial charge is 0.272 e. The number of amides is 2. The first-order valence-electron chi connectivity index (χ1n) is 11.0. The molecule has 0 radical (unpaired) electrons. The van der Waals surface area contributed by atoms with Crippen LogP contribution in [-0.2, 0) is 11.2 Å². The Kier molecular flexibility index (Phi) is 6.63. The fraction of sp³-hybridized carbons (Fsp3) is 0.222. The number of nitrogens with one attached hydrogen (secondary N) is 1. The van der Waals surface area contributed by atoms with Gasteiger partial charge in [-0.25, -0.2) is 4.39 Å². The molecule has 2 aromatic carbocycles. The Balaban J connectivity index is 1.67. The third-order valence-electron chi connectivity index (χ3n) is 6.12. The summed E-state index contributed by atoms with van der Waals surface area (Å²) in [4.78, 5) is 32.2. The maximum atomic E-state index is 14.6. The van der Waals surface area contributed by atoms with Gasteiger partial charge in [0.05, 0.1) is 5.41 Å². The molecule has 1 aromatic heterocycles. The molecule has 0 saturated carbocycles. The molecule has 1 fully saturated rings. The van der Waals surface area contributed by atoms with E-state index in [4.69, 9.17) is 0 Å². The molecule has 1 atom stereocenters. The molecule has 0 spiro atoms. The number of hydrogen-bond donors (Lipinski definition) is 1. The van der Waals surface area contributed by atoms with E-state index < -0.39 is 5.41 Å². The fourth-order valence-electron chi connectivity index (χ4n) is 4.44. The minimum absolute atomic E-state index is 0.137. The number of rotatable bonds is 7. The van der Waals surface area contributed by atoms with Crippen molar-refractivity contribution in [2.24, 2.45) is 5.41 Å². The molecule has 2 amide bonds. The predicted molar refractivity (Wildman–Crippen MR) is 126 cm³/mol. The average Bonchev–Trinajstić information content (AvgIpc) is 3.28. The Morgan fingerprint density at radius 3 is 2.52 bits per heavy atom. The molecule has 0 bridgehead atoms. The number of likely N-dealkylation sites (tertiary alicyclic amines) is 1. The Labute approximate surface area is 193 Å². The maximum absolute atomic E-state index is 14.6. The summed E-state index contributed by atoms with van der Waals surface area (Å²) in [7, 11) is 0. The van der Waals surface area contributed by atoms with E-state index in [1.54, 1.807) is 53.6 Å². The Bertz CT molecular complexity index is 1160. The molecule has 5 nitrogen and oxygen atoms in total. The number of hydrogen-bond acceptors (Lipinski definition) is 3. The van der Waals surface area contributed by atoms with Gasteiger partial charge in [0, 0.05) is 31.4 Å². The van der Waals surface area contributed by atoms with E-state index in [0.717, 1.165) is 11.1 Å². The van der Waals surface area contributed by atoms with E-state index in [1.807, 2.05) is 24.3 Å². The zero-order valence-electron chi connectivity index (χ0n) is 18.3. The fourth-order valence-corrected chi connectivity index (χ4v) is 4.44. The van der Waals surface area contributed by atoms with Crippen molar-refractivity contribution in [3.05, 3.63) is 103 Å². The van der Waals surface area contributed by atoms with Crippen LogP contribution >= 0.6 is 0 Å². The maximum Gasteiger partial charge on any atom is 0.272 e. The van der Waals surface area contributed by atoms with Crippen molar-refractivity contribution < 1.29 is 14.0 Å². The van der Waals surface area contributed by atoms with E-state index in [2.05, 4.69) is 16.9 Å². The molecule has 1 aliphatic heterocycles. The summed E-state index contributed by atoms with van der Waals surface area (Å²) < 4.78 is 14.6. The Morgan fingerprint density at radius 1 is 1.06 bits per heavy atom. The minimum Gasteiger partial charge on any atom is -0.352 e. The molecular formula is C27H26FN3O2. The van der Waals surface area contributed by atoms with Gasteiger partial charge in [-0.3, -0.25) is 14.6 Å². The summed E-state index contributed by atoms with van der Waals surface area (Å²) in [6.07, 6.45) is 4.09. The standard InChI is InChI=1S/C27H26FN3O2/c1-2-15-30-26(33)27(14-17-31(19-27)25(32)24-13-7-8-16-29-24)18-20-9-3-4-10-21(20)22-11-5-6-12-23(22)28/h2-13,16H,1,14-15,17-19H2,(H,30,33). The van der Waals surface area contributed by atoms with Gasteiger partial charge in [-0.05, 0) is 42.2 Å². The van der Waals surface area contributed by atoms with Crippen LogP contribution in [0.25, 0.3) is 11.1 Å². The van der Waals surface area contributed by atoms with E-state index in [9.17, 15) is 14.0 Å². The normalized spacial score (nSPS) is 17.5. The van der Waals surface area contributed by atoms with Gasteiger partial charge in [-0.15, -0.1) is 6.58 Å². The second-order valence-electron chi connectivity index (χ2n) is 8.28. The molecule has 3 aromatic rings. The lowest BCUT2D eigenvalue weighted by Crippen LogP contribution is -2.45. The van der Waals surface area contributed by atoms with E-state index in [0.29, 0.717) is 37.2 Å². The van der Waals surface area contributed by atoms with Gasteiger partial charge in [0.15, 0.2) is 0 Å². The summed E-state index contributed by atoms with van der Waals surface area (Å²) in [5, 5.41) is 2.92. The van der Waals surface area contributed by atoms with E-state index in [-0.39, 0.29) is 24.2 Å². The first-order valence-corrected chi connectivity index (χ1v) is 11.0. The molecule has 4 rings (SSSR count). The number of aromatic nitrogens is 1. The number of pyridine rings is 1. The molecule has 1 N–H and O–H groups in total. The largest absolute Gasteiger partial charge is 0.352 e. The number of benzene rings is 2. The first kappa shape index (κ1) is 22.4. The number of carbonyl (C=O) groups excluding carboxylic acids is 2. The summed E-state index contributed by atoms with van der Waals surface area (Å²) in [6.45, 7) is 4.72. The molecule has 6 heteroatoms. The van der Waals surface area contributed by atoms with Crippen LogP contribution in [0.15, 0.2) is 85.6 Å². The average molecular weight is 444 g/mol. The van der Waals surface area contributed by atoms with Crippen LogP contribution in [0.4, 0.5) is 4.39 Å². The van der Waals surface area contributed by atoms with Crippen molar-refractivity contribution in [1.82, 2.24) is 15.2 Å². The Hall–Kier alpha value is -3.80. The van der Waals surface area contributed by atoms with Crippen LogP contribution in [0.5, 0.6) is 0 Å². The molecule has 1 unspecified atom stereocenters. The van der Waals surface area contributed by atoms with Gasteiger partial charge in [0.1, 0.15) is 11.5 Å². The SMILES string of the molecule is C=CCNC(=O)C1(Cc2ccccc2-c2ccccc2F)CCN(C(=O)c2ccccn2)C1. The van der Waals surface area contributed by atoms with E-state index >= 15 is 0 Å². The first-order chi connectivity index (χ1) is 16.0. The Morgan fingerprint density at radius 2 is 1.79 bits per heavy atom. The number of halogens is 1. The zero-order valence-corrected chi connectivity index (χ0v) is 18.3. The molecule has 2 heterocycles. The summed E-state index contributed by atoms with van der Waals surface area (Å²) >= 11 is 0. The van der Waals surface area contributed by atoms with Gasteiger partial charge in [-0.1, -0.05) is 54.6 Å². The van der Waals surface area contributed by atoms with E-state index in [1.165, 1.54) is 6.07 Å². The topological polar surface area (TPSA) is 62.3 Å². The highest BCUT2D eigenvalue weighted by atomic mass is 19.1. The highest BCUT2D eigenvalue weighted by Gasteiger charge is 2.46. The van der Waals surface area contributed by atoms with Crippen molar-refractivity contribution in [3.63, 3.8) is 0 Å². The van der Waals surface area contributed by atoms with Gasteiger partial charge in [-0.2, -0.15) is 0 Å². The van der Waals surface area contributed by atoms with Gasteiger partial charge >= 0.3 is 0 Å². The highest BCUT2D eigenvalue weighted by Crippen LogP contribution is 2.38. The lowest BCUT2D eigenvalue weighted by atomic mass is 9.78. The lowest BCUT2D eigenvalue weighted by Gasteiger charge is -2.29. The van der Waals surface area contributed by atoms with Crippen LogP contribution in [0.3, 0.4) is 0 Å². The van der Waals surface area contributed by atoms with Gasteiger partial charge in [0.25, 0.3) is 5.91 Å². The summed E-state index contributed by atoms with van der Waals surface area (Å²) in [5.41, 5.74) is 1.62. The highest BCUT2D eigenvalue weighted by molar-refractivity contribution is 5.94. The van der Waals surface area contributed by atoms with Crippen molar-refractivity contribution in [1.29, 1.82) is 0 Å². The summed E-state index contributed by atoms with van der Waals surface area (Å²) in [5.74, 6) is -0.646. The second-order valence-corrected chi connectivity index (χ2v) is 8.28. The zero-order chi connectivity index (χ0) is 23.3. The molecule has 168 valence electrons. The monoisotopic (exact) mass is 443 g/mol. The summed E-state index contributed by atoms with van der Waals surface area (Å²) in [6, 6.07) is 19.4. The molecular weight excluding hydrogens is 417 g/mol. The third-order valence-corrected chi connectivity index (χ3v) is 6.12. The van der Waals surface area contributed by atoms with Crippen LogP contribution in [-0.4, -0.2) is 41.3 Å². The molecule has 0 aliphatic carbocycles. The molecule has 33 heavy (non-hydrogen) atoms. The van der Waals surface area contributed by atoms with Crippen molar-refractivity contribution in [2.45, 2.75) is 12.8 Å². The van der Waals surface area contributed by atoms with Crippen LogP contribution in [0, 0.1) is 11.2 Å². The quantitative estimate of drug-likeness (QED) is 0.555. The second kappa shape index (κ2) is 9.77. The minimum atomic E-state index is -0.838. The third kappa shape index (κ3) is 4.70. The lowest BCUT2D eigenvalue weighted by molar-refractivity contribution is -0.130. The van der Waals surface area contributed by atoms with Crippen molar-refractivity contribution >= 4 is 11.8 Å². The van der Waals surface area contributed by atoms with Crippen molar-refractivity contribution in [2.75, 3.05) is 19.6 Å².